The van der Waals surface area contributed by atoms with Crippen LogP contribution in [0.25, 0.3) is 0 Å². The number of rotatable bonds is 3. The summed E-state index contributed by atoms with van der Waals surface area (Å²) in [5.41, 5.74) is -0.378. The number of benzene rings is 2. The van der Waals surface area contributed by atoms with Crippen molar-refractivity contribution in [3.8, 4) is 0 Å². The summed E-state index contributed by atoms with van der Waals surface area (Å²) in [5, 5.41) is 11.2. The maximum atomic E-state index is 13.1. The van der Waals surface area contributed by atoms with E-state index in [1.807, 2.05) is 0 Å². The lowest BCUT2D eigenvalue weighted by Gasteiger charge is -2.13. The molecule has 2 aromatic rings. The monoisotopic (exact) mass is 308 g/mol. The second kappa shape index (κ2) is 6.30. The quantitative estimate of drug-likeness (QED) is 0.663. The van der Waals surface area contributed by atoms with Gasteiger partial charge in [-0.2, -0.15) is 13.2 Å². The van der Waals surface area contributed by atoms with Gasteiger partial charge in [-0.15, -0.1) is 0 Å². The third kappa shape index (κ3) is 3.85. The number of carbonyl (C=O) groups is 1. The van der Waals surface area contributed by atoms with Crippen LogP contribution in [0.15, 0.2) is 59.6 Å². The Morgan fingerprint density at radius 2 is 1.59 bits per heavy atom. The molecule has 2 aromatic carbocycles. The molecule has 0 aliphatic rings. The molecule has 0 spiro atoms. The maximum Gasteiger partial charge on any atom is 0.449 e. The van der Waals surface area contributed by atoms with Crippen molar-refractivity contribution in [2.75, 3.05) is 5.32 Å². The number of carboxylic acids is 1. The molecular formula is C15H11F3N2O2. The summed E-state index contributed by atoms with van der Waals surface area (Å²) in [6.45, 7) is 0. The Morgan fingerprint density at radius 1 is 1.00 bits per heavy atom. The van der Waals surface area contributed by atoms with E-state index in [1.165, 1.54) is 36.4 Å². The van der Waals surface area contributed by atoms with E-state index < -0.39 is 18.0 Å². The molecule has 0 aliphatic heterocycles. The Morgan fingerprint density at radius 3 is 2.18 bits per heavy atom. The molecule has 2 rings (SSSR count). The number of aromatic carboxylic acids is 1. The van der Waals surface area contributed by atoms with Crippen LogP contribution in [0.2, 0.25) is 0 Å². The highest BCUT2D eigenvalue weighted by atomic mass is 19.4. The first-order valence-corrected chi connectivity index (χ1v) is 6.18. The molecular weight excluding hydrogens is 297 g/mol. The van der Waals surface area contributed by atoms with Crippen LogP contribution < -0.4 is 5.32 Å². The fourth-order valence-corrected chi connectivity index (χ4v) is 1.69. The molecule has 2 N–H and O–H groups in total. The molecule has 0 bridgehead atoms. The first-order valence-electron chi connectivity index (χ1n) is 6.18. The number of amidine groups is 1. The lowest BCUT2D eigenvalue weighted by atomic mass is 10.2. The minimum atomic E-state index is -4.75. The minimum Gasteiger partial charge on any atom is -0.478 e. The molecule has 0 radical (unpaired) electrons. The average molecular weight is 308 g/mol. The zero-order valence-corrected chi connectivity index (χ0v) is 11.1. The molecule has 0 aliphatic carbocycles. The summed E-state index contributed by atoms with van der Waals surface area (Å²) in [6, 6.07) is 12.9. The van der Waals surface area contributed by atoms with Crippen LogP contribution in [0.5, 0.6) is 0 Å². The van der Waals surface area contributed by atoms with Gasteiger partial charge in [-0.3, -0.25) is 0 Å². The summed E-state index contributed by atoms with van der Waals surface area (Å²) in [7, 11) is 0. The van der Waals surface area contributed by atoms with E-state index in [9.17, 15) is 18.0 Å². The summed E-state index contributed by atoms with van der Waals surface area (Å²) in [6.07, 6.45) is -4.75. The van der Waals surface area contributed by atoms with Crippen molar-refractivity contribution >= 4 is 23.2 Å². The van der Waals surface area contributed by atoms with Crippen LogP contribution >= 0.6 is 0 Å². The van der Waals surface area contributed by atoms with Gasteiger partial charge in [0.05, 0.1) is 11.3 Å². The zero-order chi connectivity index (χ0) is 16.2. The number of nitrogens with one attached hydrogen (secondary N) is 1. The molecule has 22 heavy (non-hydrogen) atoms. The van der Waals surface area contributed by atoms with Gasteiger partial charge in [0.1, 0.15) is 0 Å². The zero-order valence-electron chi connectivity index (χ0n) is 11.1. The van der Waals surface area contributed by atoms with Crippen molar-refractivity contribution < 1.29 is 23.1 Å². The van der Waals surface area contributed by atoms with E-state index in [0.717, 1.165) is 0 Å². The van der Waals surface area contributed by atoms with Gasteiger partial charge in [-0.25, -0.2) is 9.79 Å². The average Bonchev–Trinajstić information content (AvgIpc) is 2.47. The molecule has 7 heteroatoms. The summed E-state index contributed by atoms with van der Waals surface area (Å²) < 4.78 is 39.3. The Bertz CT molecular complexity index is 697. The van der Waals surface area contributed by atoms with Crippen molar-refractivity contribution in [3.05, 3.63) is 60.2 Å². The molecule has 0 atom stereocenters. The highest BCUT2D eigenvalue weighted by Crippen LogP contribution is 2.25. The second-order valence-electron chi connectivity index (χ2n) is 4.27. The maximum absolute atomic E-state index is 13.1. The van der Waals surface area contributed by atoms with Gasteiger partial charge in [0.2, 0.25) is 5.84 Å². The summed E-state index contributed by atoms with van der Waals surface area (Å²) in [5.74, 6) is -2.63. The van der Waals surface area contributed by atoms with Gasteiger partial charge >= 0.3 is 12.1 Å². The van der Waals surface area contributed by atoms with Gasteiger partial charge in [-0.05, 0) is 24.3 Å². The highest BCUT2D eigenvalue weighted by Gasteiger charge is 2.36. The van der Waals surface area contributed by atoms with Crippen LogP contribution in [0, 0.1) is 0 Å². The number of carboxylic acid groups (broad SMARTS) is 1. The number of anilines is 1. The number of hydrogen-bond acceptors (Lipinski definition) is 2. The van der Waals surface area contributed by atoms with Crippen molar-refractivity contribution in [1.82, 2.24) is 0 Å². The largest absolute Gasteiger partial charge is 0.478 e. The molecule has 0 saturated heterocycles. The Kier molecular flexibility index (Phi) is 4.45. The van der Waals surface area contributed by atoms with Gasteiger partial charge in [-0.1, -0.05) is 30.3 Å². The number of aliphatic imine (C=N–C) groups is 1. The van der Waals surface area contributed by atoms with Gasteiger partial charge in [0, 0.05) is 5.69 Å². The SMILES string of the molecule is O=C(O)c1ccccc1N=C(Nc1ccccc1)C(F)(F)F. The predicted molar refractivity (Wildman–Crippen MR) is 76.6 cm³/mol. The topological polar surface area (TPSA) is 61.7 Å². The molecule has 0 heterocycles. The lowest BCUT2D eigenvalue weighted by molar-refractivity contribution is -0.0586. The van der Waals surface area contributed by atoms with Crippen molar-refractivity contribution in [3.63, 3.8) is 0 Å². The minimum absolute atomic E-state index is 0.200. The fourth-order valence-electron chi connectivity index (χ4n) is 1.69. The second-order valence-corrected chi connectivity index (χ2v) is 4.27. The van der Waals surface area contributed by atoms with E-state index in [-0.39, 0.29) is 16.9 Å². The van der Waals surface area contributed by atoms with Crippen LogP contribution in [0.4, 0.5) is 24.5 Å². The van der Waals surface area contributed by atoms with E-state index in [4.69, 9.17) is 5.11 Å². The van der Waals surface area contributed by atoms with Crippen LogP contribution in [-0.2, 0) is 0 Å². The first kappa shape index (κ1) is 15.6. The third-order valence-electron chi connectivity index (χ3n) is 2.67. The number of alkyl halides is 3. The predicted octanol–water partition coefficient (Wildman–Crippen LogP) is 4.09. The summed E-state index contributed by atoms with van der Waals surface area (Å²) >= 11 is 0. The van der Waals surface area contributed by atoms with Crippen LogP contribution in [-0.4, -0.2) is 23.1 Å². The molecule has 114 valence electrons. The van der Waals surface area contributed by atoms with Crippen molar-refractivity contribution in [2.24, 2.45) is 4.99 Å². The van der Waals surface area contributed by atoms with Gasteiger partial charge in [0.15, 0.2) is 0 Å². The Hall–Kier alpha value is -2.83. The van der Waals surface area contributed by atoms with E-state index in [2.05, 4.69) is 10.3 Å². The van der Waals surface area contributed by atoms with Gasteiger partial charge in [0.25, 0.3) is 0 Å². The van der Waals surface area contributed by atoms with Crippen molar-refractivity contribution in [2.45, 2.75) is 6.18 Å². The third-order valence-corrected chi connectivity index (χ3v) is 2.67. The fraction of sp³-hybridized carbons (Fsp3) is 0.0667. The van der Waals surface area contributed by atoms with Crippen LogP contribution in [0.1, 0.15) is 10.4 Å². The highest BCUT2D eigenvalue weighted by molar-refractivity contribution is 6.03. The Balaban J connectivity index is 2.44. The number of para-hydroxylation sites is 2. The number of hydrogen-bond donors (Lipinski definition) is 2. The standard InChI is InChI=1S/C15H11F3N2O2/c16-15(17,18)14(19-10-6-2-1-3-7-10)20-12-9-5-4-8-11(12)13(21)22/h1-9H,(H,19,20)(H,21,22). The molecule has 0 saturated carbocycles. The number of halogens is 3. The van der Waals surface area contributed by atoms with Crippen LogP contribution in [0.3, 0.4) is 0 Å². The molecule has 0 unspecified atom stereocenters. The molecule has 0 aromatic heterocycles. The molecule has 4 nitrogen and oxygen atoms in total. The lowest BCUT2D eigenvalue weighted by Crippen LogP contribution is -2.30. The Labute approximate surface area is 123 Å². The van der Waals surface area contributed by atoms with Crippen molar-refractivity contribution in [1.29, 1.82) is 0 Å². The van der Waals surface area contributed by atoms with Gasteiger partial charge < -0.3 is 10.4 Å². The smallest absolute Gasteiger partial charge is 0.449 e. The van der Waals surface area contributed by atoms with E-state index in [1.54, 1.807) is 18.2 Å². The molecule has 0 fully saturated rings. The molecule has 0 amide bonds. The number of nitrogens with zero attached hydrogens (tertiary/aromatic N) is 1. The first-order chi connectivity index (χ1) is 10.4. The summed E-state index contributed by atoms with van der Waals surface area (Å²) in [4.78, 5) is 14.5. The normalized spacial score (nSPS) is 12.0. The van der Waals surface area contributed by atoms with E-state index in [0.29, 0.717) is 0 Å². The van der Waals surface area contributed by atoms with E-state index >= 15 is 0 Å².